The minimum absolute atomic E-state index is 0.0300. The molecule has 1 saturated heterocycles. The molecule has 1 heterocycles. The first-order valence-electron chi connectivity index (χ1n) is 21.1. The molecule has 11 atom stereocenters. The number of esters is 3. The molecule has 2 aromatic carbocycles. The number of aliphatic hydroxyl groups is 3. The van der Waals surface area contributed by atoms with Crippen molar-refractivity contribution in [2.45, 2.75) is 133 Å². The van der Waals surface area contributed by atoms with Crippen LogP contribution in [0, 0.1) is 16.7 Å². The summed E-state index contributed by atoms with van der Waals surface area (Å²) in [6, 6.07) is 14.3. The Bertz CT molecular complexity index is 2200. The van der Waals surface area contributed by atoms with E-state index in [0.717, 1.165) is 6.92 Å². The molecule has 1 unspecified atom stereocenters. The number of fused-ring (bicyclic) bond motifs is 5. The Morgan fingerprint density at radius 3 is 2.12 bits per heavy atom. The van der Waals surface area contributed by atoms with Crippen LogP contribution in [0.25, 0.3) is 0 Å². The lowest BCUT2D eigenvalue weighted by Gasteiger charge is -2.67. The summed E-state index contributed by atoms with van der Waals surface area (Å²) in [5.74, 6) is -5.75. The van der Waals surface area contributed by atoms with Crippen LogP contribution in [0.4, 0.5) is 9.59 Å². The van der Waals surface area contributed by atoms with Crippen molar-refractivity contribution in [3.05, 3.63) is 82.9 Å². The number of hydrogen-bond acceptors (Lipinski definition) is 16. The van der Waals surface area contributed by atoms with E-state index in [1.165, 1.54) is 39.8 Å². The van der Waals surface area contributed by atoms with E-state index in [0.29, 0.717) is 0 Å². The molecule has 2 bridgehead atoms. The van der Waals surface area contributed by atoms with Crippen molar-refractivity contribution >= 4 is 59.1 Å². The fraction of sp³-hybridized carbons (Fsp3) is 0.565. The molecular formula is C46H55Cl2NO16. The highest BCUT2D eigenvalue weighted by molar-refractivity contribution is 6.44. The normalized spacial score (nSPS) is 31.3. The summed E-state index contributed by atoms with van der Waals surface area (Å²) in [5, 5.41) is 40.2. The highest BCUT2D eigenvalue weighted by atomic mass is 35.5. The fourth-order valence-electron chi connectivity index (χ4n) is 9.90. The lowest BCUT2D eigenvalue weighted by molar-refractivity contribution is -0.346. The van der Waals surface area contributed by atoms with Crippen LogP contribution in [-0.4, -0.2) is 123 Å². The number of amides is 1. The van der Waals surface area contributed by atoms with Crippen molar-refractivity contribution in [3.63, 3.8) is 0 Å². The Kier molecular flexibility index (Phi) is 14.1. The SMILES string of the molecule is CC(=O)O[C@@]12CO[C@@H]1C[C@H](O)[C@@]1(C)C(=O)[C@H](OC(=O)OCC(Cl)Cl)C3=C(C)[C@@H](OC(=O)[C@H](O)[C@@H](NC(=O)OC(C)(C)C)c4ccccc4)CC(O)([C@@H](OC(=O)c4ccccc4)[C@H]21)C3(C)C. The van der Waals surface area contributed by atoms with E-state index >= 15 is 4.79 Å². The zero-order valence-electron chi connectivity index (χ0n) is 37.2. The number of alkyl halides is 2. The number of hydrogen-bond donors (Lipinski definition) is 4. The number of aliphatic hydroxyl groups excluding tert-OH is 2. The molecule has 4 N–H and O–H groups in total. The van der Waals surface area contributed by atoms with Crippen molar-refractivity contribution in [2.24, 2.45) is 16.7 Å². The molecule has 2 saturated carbocycles. The van der Waals surface area contributed by atoms with Crippen LogP contribution in [0.5, 0.6) is 0 Å². The highest BCUT2D eigenvalue weighted by Gasteiger charge is 2.78. The maximum absolute atomic E-state index is 15.7. The lowest BCUT2D eigenvalue weighted by atomic mass is 9.44. The predicted molar refractivity (Wildman–Crippen MR) is 229 cm³/mol. The van der Waals surface area contributed by atoms with E-state index in [9.17, 15) is 39.3 Å². The number of ketones is 1. The standard InChI is InChI=1S/C46H55Cl2NO16/c1-23-27(61-39(55)33(52)32(25-15-11-9-12-16-25)49-40(56)65-42(3,4)5)20-46(58)37(63-38(54)26-17-13-10-14-18-26)35-44(8,28(51)19-29-45(35,22-60-29)64-24(2)50)36(53)34(31(23)43(46,6)7)62-41(57)59-21-30(47)48/h9-18,27-30,32-35,37,51-52,58H,19-22H2,1-8H3,(H,49,56)/t27-,28-,29+,32-,33+,34+,35-,37-,44+,45-,46?/m0/s1. The van der Waals surface area contributed by atoms with Crippen LogP contribution in [0.1, 0.15) is 90.2 Å². The van der Waals surface area contributed by atoms with Crippen LogP contribution in [0.15, 0.2) is 71.8 Å². The van der Waals surface area contributed by atoms with E-state index in [4.69, 9.17) is 56.4 Å². The summed E-state index contributed by atoms with van der Waals surface area (Å²) in [4.78, 5) is 82.8. The van der Waals surface area contributed by atoms with E-state index in [2.05, 4.69) is 5.32 Å². The van der Waals surface area contributed by atoms with Gasteiger partial charge in [-0.3, -0.25) is 9.59 Å². The molecular weight excluding hydrogens is 893 g/mol. The summed E-state index contributed by atoms with van der Waals surface area (Å²) < 4.78 is 40.8. The van der Waals surface area contributed by atoms with Crippen molar-refractivity contribution in [1.29, 1.82) is 0 Å². The number of carbonyl (C=O) groups is 6. The Morgan fingerprint density at radius 2 is 1.57 bits per heavy atom. The van der Waals surface area contributed by atoms with Gasteiger partial charge in [0.2, 0.25) is 0 Å². The minimum Gasteiger partial charge on any atom is -0.456 e. The van der Waals surface area contributed by atoms with E-state index < -0.39 is 130 Å². The third kappa shape index (κ3) is 9.32. The number of carbonyl (C=O) groups excluding carboxylic acids is 6. The molecule has 354 valence electrons. The van der Waals surface area contributed by atoms with Crippen LogP contribution in [-0.2, 0) is 47.5 Å². The number of alkyl carbamates (subject to hydrolysis) is 1. The zero-order chi connectivity index (χ0) is 48.0. The first-order chi connectivity index (χ1) is 30.3. The Labute approximate surface area is 385 Å². The number of nitrogens with one attached hydrogen (secondary N) is 1. The van der Waals surface area contributed by atoms with Gasteiger partial charge in [0.05, 0.1) is 35.6 Å². The quantitative estimate of drug-likeness (QED) is 0.0977. The second-order valence-corrected chi connectivity index (χ2v) is 19.9. The smallest absolute Gasteiger partial charge is 0.456 e. The van der Waals surface area contributed by atoms with Crippen LogP contribution < -0.4 is 5.32 Å². The van der Waals surface area contributed by atoms with Crippen molar-refractivity contribution in [3.8, 4) is 0 Å². The Hall–Kier alpha value is -4.78. The van der Waals surface area contributed by atoms with Crippen LogP contribution >= 0.6 is 23.2 Å². The third-order valence-electron chi connectivity index (χ3n) is 13.1. The van der Waals surface area contributed by atoms with Gasteiger partial charge < -0.3 is 53.8 Å². The van der Waals surface area contributed by atoms with Gasteiger partial charge in [-0.25, -0.2) is 19.2 Å². The summed E-state index contributed by atoms with van der Waals surface area (Å²) in [5.41, 5.74) is -9.01. The molecule has 1 amide bonds. The zero-order valence-corrected chi connectivity index (χ0v) is 38.7. The van der Waals surface area contributed by atoms with Gasteiger partial charge in [-0.1, -0.05) is 62.4 Å². The van der Waals surface area contributed by atoms with Gasteiger partial charge in [-0.2, -0.15) is 0 Å². The Morgan fingerprint density at radius 1 is 0.954 bits per heavy atom. The minimum atomic E-state index is -2.49. The molecule has 19 heteroatoms. The number of ether oxygens (including phenoxy) is 7. The molecule has 3 aliphatic carbocycles. The molecule has 1 aliphatic heterocycles. The van der Waals surface area contributed by atoms with Crippen LogP contribution in [0.2, 0.25) is 0 Å². The molecule has 6 rings (SSSR count). The lowest BCUT2D eigenvalue weighted by Crippen LogP contribution is -2.82. The maximum atomic E-state index is 15.7. The van der Waals surface area contributed by atoms with Gasteiger partial charge in [-0.15, -0.1) is 23.2 Å². The molecule has 4 aliphatic rings. The van der Waals surface area contributed by atoms with E-state index in [1.807, 2.05) is 0 Å². The second-order valence-electron chi connectivity index (χ2n) is 18.6. The monoisotopic (exact) mass is 947 g/mol. The number of benzene rings is 2. The first-order valence-corrected chi connectivity index (χ1v) is 21.9. The van der Waals surface area contributed by atoms with Gasteiger partial charge in [0.25, 0.3) is 0 Å². The van der Waals surface area contributed by atoms with Gasteiger partial charge in [-0.05, 0) is 63.5 Å². The molecule has 17 nitrogen and oxygen atoms in total. The highest BCUT2D eigenvalue weighted by Crippen LogP contribution is 2.64. The second kappa shape index (κ2) is 18.5. The molecule has 2 aromatic rings. The van der Waals surface area contributed by atoms with E-state index in [1.54, 1.807) is 69.3 Å². The third-order valence-corrected chi connectivity index (χ3v) is 13.3. The van der Waals surface area contributed by atoms with E-state index in [-0.39, 0.29) is 35.3 Å². The van der Waals surface area contributed by atoms with Gasteiger partial charge >= 0.3 is 30.2 Å². The topological polar surface area (TPSA) is 240 Å². The average molecular weight is 949 g/mol. The first kappa shape index (κ1) is 49.6. The van der Waals surface area contributed by atoms with Crippen LogP contribution in [0.3, 0.4) is 0 Å². The summed E-state index contributed by atoms with van der Waals surface area (Å²) >= 11 is 11.7. The predicted octanol–water partition coefficient (Wildman–Crippen LogP) is 5.22. The van der Waals surface area contributed by atoms with Crippen molar-refractivity contribution in [2.75, 3.05) is 13.2 Å². The number of halogens is 2. The van der Waals surface area contributed by atoms with Gasteiger partial charge in [0.1, 0.15) is 41.0 Å². The number of Topliss-reactive ketones (excluding diaryl/α,β-unsaturated/α-hetero) is 1. The van der Waals surface area contributed by atoms with Gasteiger partial charge in [0.15, 0.2) is 23.6 Å². The average Bonchev–Trinajstić information content (AvgIpc) is 3.22. The number of rotatable bonds is 11. The molecule has 0 radical (unpaired) electrons. The van der Waals surface area contributed by atoms with Gasteiger partial charge in [0, 0.05) is 25.2 Å². The summed E-state index contributed by atoms with van der Waals surface area (Å²) in [7, 11) is 0. The molecule has 0 spiro atoms. The molecule has 0 aromatic heterocycles. The summed E-state index contributed by atoms with van der Waals surface area (Å²) in [6.07, 6.45) is -13.7. The largest absolute Gasteiger partial charge is 0.509 e. The maximum Gasteiger partial charge on any atom is 0.509 e. The molecule has 3 fully saturated rings. The Balaban J connectivity index is 1.55. The van der Waals surface area contributed by atoms with Crippen molar-refractivity contribution < 1.29 is 77.2 Å². The molecule has 65 heavy (non-hydrogen) atoms. The fourth-order valence-corrected chi connectivity index (χ4v) is 10.0. The van der Waals surface area contributed by atoms with Crippen molar-refractivity contribution in [1.82, 2.24) is 5.32 Å². The summed E-state index contributed by atoms with van der Waals surface area (Å²) in [6.45, 7) is 10.9.